The van der Waals surface area contributed by atoms with Crippen LogP contribution in [-0.2, 0) is 4.79 Å². The van der Waals surface area contributed by atoms with Gasteiger partial charge in [0.05, 0.1) is 0 Å². The first kappa shape index (κ1) is 18.4. The third-order valence-corrected chi connectivity index (χ3v) is 3.67. The van der Waals surface area contributed by atoms with Crippen molar-refractivity contribution in [1.29, 1.82) is 0 Å². The molecule has 0 aliphatic carbocycles. The van der Waals surface area contributed by atoms with Gasteiger partial charge in [0.1, 0.15) is 0 Å². The summed E-state index contributed by atoms with van der Waals surface area (Å²) in [6.07, 6.45) is 17.9. The van der Waals surface area contributed by atoms with Crippen LogP contribution in [0.5, 0.6) is 0 Å². The van der Waals surface area contributed by atoms with E-state index in [0.29, 0.717) is 6.42 Å². The van der Waals surface area contributed by atoms with Crippen LogP contribution in [0.4, 0.5) is 0 Å². The van der Waals surface area contributed by atoms with Gasteiger partial charge in [0.25, 0.3) is 0 Å². The van der Waals surface area contributed by atoms with Crippen molar-refractivity contribution < 1.29 is 4.79 Å². The van der Waals surface area contributed by atoms with Crippen LogP contribution >= 0.6 is 0 Å². The van der Waals surface area contributed by atoms with E-state index in [9.17, 15) is 4.79 Å². The van der Waals surface area contributed by atoms with Gasteiger partial charge in [0.15, 0.2) is 0 Å². The Labute approximate surface area is 119 Å². The Kier molecular flexibility index (Phi) is 15.0. The zero-order valence-electron chi connectivity index (χ0n) is 12.9. The molecule has 3 N–H and O–H groups in total. The lowest BCUT2D eigenvalue weighted by atomic mass is 10.0. The van der Waals surface area contributed by atoms with Crippen molar-refractivity contribution in [2.75, 3.05) is 0 Å². The van der Waals surface area contributed by atoms with Crippen molar-refractivity contribution in [2.24, 2.45) is 5.84 Å². The second-order valence-corrected chi connectivity index (χ2v) is 5.56. The normalized spacial score (nSPS) is 10.6. The van der Waals surface area contributed by atoms with Crippen molar-refractivity contribution in [1.82, 2.24) is 5.43 Å². The average molecular weight is 270 g/mol. The standard InChI is InChI=1S/C16H34N2O/c1-2-3-4-5-6-7-8-9-10-11-12-13-14-15-16(19)18-17/h2-15,17H2,1H3,(H,18,19). The summed E-state index contributed by atoms with van der Waals surface area (Å²) in [4.78, 5) is 10.9. The van der Waals surface area contributed by atoms with Gasteiger partial charge in [-0.2, -0.15) is 0 Å². The van der Waals surface area contributed by atoms with Crippen molar-refractivity contribution in [2.45, 2.75) is 96.8 Å². The van der Waals surface area contributed by atoms with Gasteiger partial charge in [0.2, 0.25) is 5.91 Å². The molecule has 0 aliphatic rings. The molecule has 0 spiro atoms. The summed E-state index contributed by atoms with van der Waals surface area (Å²) in [5.74, 6) is 4.98. The summed E-state index contributed by atoms with van der Waals surface area (Å²) in [6.45, 7) is 2.27. The first-order valence-electron chi connectivity index (χ1n) is 8.30. The molecule has 0 bridgehead atoms. The predicted octanol–water partition coefficient (Wildman–Crippen LogP) is 4.46. The molecule has 0 radical (unpaired) electrons. The Morgan fingerprint density at radius 1 is 0.737 bits per heavy atom. The number of rotatable bonds is 14. The third-order valence-electron chi connectivity index (χ3n) is 3.67. The van der Waals surface area contributed by atoms with Crippen LogP contribution in [0.1, 0.15) is 96.8 Å². The van der Waals surface area contributed by atoms with Gasteiger partial charge in [-0.3, -0.25) is 10.2 Å². The minimum absolute atomic E-state index is 0.0388. The van der Waals surface area contributed by atoms with Crippen LogP contribution in [0.25, 0.3) is 0 Å². The van der Waals surface area contributed by atoms with Crippen molar-refractivity contribution in [3.8, 4) is 0 Å². The lowest BCUT2D eigenvalue weighted by molar-refractivity contribution is -0.121. The first-order chi connectivity index (χ1) is 9.31. The third kappa shape index (κ3) is 15.4. The fourth-order valence-corrected chi connectivity index (χ4v) is 2.38. The molecule has 0 fully saturated rings. The predicted molar refractivity (Wildman–Crippen MR) is 82.6 cm³/mol. The van der Waals surface area contributed by atoms with E-state index in [4.69, 9.17) is 5.84 Å². The number of carbonyl (C=O) groups is 1. The molecule has 3 nitrogen and oxygen atoms in total. The van der Waals surface area contributed by atoms with E-state index in [1.807, 2.05) is 0 Å². The van der Waals surface area contributed by atoms with Crippen LogP contribution in [-0.4, -0.2) is 5.91 Å². The molecule has 0 unspecified atom stereocenters. The van der Waals surface area contributed by atoms with Crippen LogP contribution < -0.4 is 11.3 Å². The Hall–Kier alpha value is -0.570. The number of amides is 1. The van der Waals surface area contributed by atoms with E-state index in [2.05, 4.69) is 12.3 Å². The van der Waals surface area contributed by atoms with Crippen LogP contribution in [0.15, 0.2) is 0 Å². The quantitative estimate of drug-likeness (QED) is 0.212. The number of unbranched alkanes of at least 4 members (excludes halogenated alkanes) is 12. The Bertz CT molecular complexity index is 195. The fraction of sp³-hybridized carbons (Fsp3) is 0.938. The topological polar surface area (TPSA) is 55.1 Å². The maximum Gasteiger partial charge on any atom is 0.233 e. The largest absolute Gasteiger partial charge is 0.294 e. The minimum Gasteiger partial charge on any atom is -0.294 e. The van der Waals surface area contributed by atoms with E-state index in [-0.39, 0.29) is 5.91 Å². The molecule has 0 aromatic carbocycles. The molecule has 0 aromatic rings. The number of carbonyl (C=O) groups excluding carboxylic acids is 1. The van der Waals surface area contributed by atoms with E-state index < -0.39 is 0 Å². The highest BCUT2D eigenvalue weighted by Gasteiger charge is 1.97. The summed E-state index contributed by atoms with van der Waals surface area (Å²) in [7, 11) is 0. The van der Waals surface area contributed by atoms with Crippen LogP contribution in [0.3, 0.4) is 0 Å². The van der Waals surface area contributed by atoms with E-state index in [0.717, 1.165) is 12.8 Å². The lowest BCUT2D eigenvalue weighted by Gasteiger charge is -2.03. The Balaban J connectivity index is 2.97. The number of hydrogen-bond acceptors (Lipinski definition) is 2. The Morgan fingerprint density at radius 2 is 1.11 bits per heavy atom. The summed E-state index contributed by atoms with van der Waals surface area (Å²) < 4.78 is 0. The average Bonchev–Trinajstić information content (AvgIpc) is 2.43. The maximum atomic E-state index is 10.9. The van der Waals surface area contributed by atoms with Crippen molar-refractivity contribution in [3.63, 3.8) is 0 Å². The van der Waals surface area contributed by atoms with Gasteiger partial charge in [-0.25, -0.2) is 5.84 Å². The molecule has 0 saturated heterocycles. The molecule has 0 heterocycles. The molecule has 0 atom stereocenters. The molecular weight excluding hydrogens is 236 g/mol. The number of nitrogens with one attached hydrogen (secondary N) is 1. The minimum atomic E-state index is -0.0388. The van der Waals surface area contributed by atoms with Gasteiger partial charge >= 0.3 is 0 Å². The summed E-state index contributed by atoms with van der Waals surface area (Å²) in [5, 5.41) is 0. The molecule has 3 heteroatoms. The van der Waals surface area contributed by atoms with Crippen molar-refractivity contribution >= 4 is 5.91 Å². The van der Waals surface area contributed by atoms with Gasteiger partial charge in [-0.15, -0.1) is 0 Å². The van der Waals surface area contributed by atoms with Gasteiger partial charge in [-0.1, -0.05) is 84.0 Å². The summed E-state index contributed by atoms with van der Waals surface area (Å²) in [6, 6.07) is 0. The summed E-state index contributed by atoms with van der Waals surface area (Å²) >= 11 is 0. The Morgan fingerprint density at radius 3 is 1.47 bits per heavy atom. The summed E-state index contributed by atoms with van der Waals surface area (Å²) in [5.41, 5.74) is 2.17. The number of hydrogen-bond donors (Lipinski definition) is 2. The highest BCUT2D eigenvalue weighted by Crippen LogP contribution is 2.12. The number of hydrazine groups is 1. The van der Waals surface area contributed by atoms with Crippen LogP contribution in [0.2, 0.25) is 0 Å². The molecule has 0 rings (SSSR count). The molecule has 1 amide bonds. The van der Waals surface area contributed by atoms with Gasteiger partial charge in [0, 0.05) is 6.42 Å². The number of nitrogens with two attached hydrogens (primary N) is 1. The molecular formula is C16H34N2O. The fourth-order valence-electron chi connectivity index (χ4n) is 2.38. The molecule has 19 heavy (non-hydrogen) atoms. The molecule has 114 valence electrons. The molecule has 0 aromatic heterocycles. The van der Waals surface area contributed by atoms with E-state index >= 15 is 0 Å². The second kappa shape index (κ2) is 15.5. The van der Waals surface area contributed by atoms with Gasteiger partial charge in [-0.05, 0) is 6.42 Å². The monoisotopic (exact) mass is 270 g/mol. The maximum absolute atomic E-state index is 10.9. The molecule has 0 saturated carbocycles. The SMILES string of the molecule is CCCCCCCCCCCCCCCC(=O)NN. The zero-order chi connectivity index (χ0) is 14.2. The van der Waals surface area contributed by atoms with Crippen LogP contribution in [0, 0.1) is 0 Å². The van der Waals surface area contributed by atoms with E-state index in [1.54, 1.807) is 0 Å². The van der Waals surface area contributed by atoms with Gasteiger partial charge < -0.3 is 0 Å². The molecule has 0 aliphatic heterocycles. The zero-order valence-corrected chi connectivity index (χ0v) is 12.9. The highest BCUT2D eigenvalue weighted by atomic mass is 16.2. The smallest absolute Gasteiger partial charge is 0.233 e. The second-order valence-electron chi connectivity index (χ2n) is 5.56. The first-order valence-corrected chi connectivity index (χ1v) is 8.30. The highest BCUT2D eigenvalue weighted by molar-refractivity contribution is 5.74. The lowest BCUT2D eigenvalue weighted by Crippen LogP contribution is -2.29. The van der Waals surface area contributed by atoms with E-state index in [1.165, 1.54) is 70.6 Å². The van der Waals surface area contributed by atoms with Crippen molar-refractivity contribution in [3.05, 3.63) is 0 Å².